The highest BCUT2D eigenvalue weighted by Gasteiger charge is 2.40. The third-order valence-corrected chi connectivity index (χ3v) is 4.47. The molecule has 1 aliphatic rings. The number of benzene rings is 2. The van der Waals surface area contributed by atoms with Gasteiger partial charge in [-0.15, -0.1) is 0 Å². The van der Waals surface area contributed by atoms with Gasteiger partial charge in [0, 0.05) is 20.1 Å². The van der Waals surface area contributed by atoms with Crippen LogP contribution in [0, 0.1) is 11.7 Å². The normalized spacial score (nSPS) is 14.5. The van der Waals surface area contributed by atoms with Gasteiger partial charge in [0.15, 0.2) is 0 Å². The Morgan fingerprint density at radius 3 is 2.19 bits per heavy atom. The van der Waals surface area contributed by atoms with Gasteiger partial charge in [-0.05, 0) is 29.2 Å². The summed E-state index contributed by atoms with van der Waals surface area (Å²) in [7, 11) is 1.80. The molecule has 0 radical (unpaired) electrons. The highest BCUT2D eigenvalue weighted by molar-refractivity contribution is 6.35. The molecule has 0 fully saturated rings. The summed E-state index contributed by atoms with van der Waals surface area (Å²) in [4.78, 5) is 29.2. The summed E-state index contributed by atoms with van der Waals surface area (Å²) < 4.78 is 13.4. The molecule has 4 nitrogen and oxygen atoms in total. The van der Waals surface area contributed by atoms with Crippen LogP contribution in [-0.4, -0.2) is 35.2 Å². The van der Waals surface area contributed by atoms with Crippen LogP contribution in [0.25, 0.3) is 5.57 Å². The number of hydrogen-bond donors (Lipinski definition) is 0. The van der Waals surface area contributed by atoms with Crippen LogP contribution in [0.2, 0.25) is 0 Å². The minimum absolute atomic E-state index is 0.158. The van der Waals surface area contributed by atoms with E-state index in [4.69, 9.17) is 0 Å². The van der Waals surface area contributed by atoms with Crippen LogP contribution in [0.3, 0.4) is 0 Å². The van der Waals surface area contributed by atoms with Crippen molar-refractivity contribution in [1.29, 1.82) is 0 Å². The minimum atomic E-state index is -0.380. The molecule has 0 aromatic heterocycles. The van der Waals surface area contributed by atoms with Crippen molar-refractivity contribution in [3.63, 3.8) is 0 Å². The highest BCUT2D eigenvalue weighted by atomic mass is 19.1. The molecule has 2 aromatic carbocycles. The van der Waals surface area contributed by atoms with Crippen molar-refractivity contribution in [2.45, 2.75) is 20.4 Å². The summed E-state index contributed by atoms with van der Waals surface area (Å²) in [5, 5.41) is 0. The molecule has 0 saturated carbocycles. The molecular formula is C22H23FN2O2. The van der Waals surface area contributed by atoms with Gasteiger partial charge in [-0.3, -0.25) is 14.5 Å². The van der Waals surface area contributed by atoms with Crippen LogP contribution in [0.15, 0.2) is 60.3 Å². The number of carbonyl (C=O) groups excluding carboxylic acids is 2. The Hall–Kier alpha value is -2.95. The zero-order chi connectivity index (χ0) is 19.6. The summed E-state index contributed by atoms with van der Waals surface area (Å²) in [5.41, 5.74) is 2.28. The average Bonchev–Trinajstić information content (AvgIpc) is 2.87. The van der Waals surface area contributed by atoms with Gasteiger partial charge in [-0.1, -0.05) is 56.3 Å². The molecule has 2 aromatic rings. The molecule has 2 amide bonds. The maximum Gasteiger partial charge on any atom is 0.277 e. The van der Waals surface area contributed by atoms with Gasteiger partial charge in [-0.25, -0.2) is 4.39 Å². The van der Waals surface area contributed by atoms with E-state index in [0.717, 1.165) is 5.56 Å². The second kappa shape index (κ2) is 7.74. The molecule has 0 atom stereocenters. The lowest BCUT2D eigenvalue weighted by Crippen LogP contribution is -2.36. The van der Waals surface area contributed by atoms with Crippen LogP contribution in [0.4, 0.5) is 4.39 Å². The standard InChI is InChI=1S/C22H23FN2O2/c1-15(2)13-25-21(26)19(17-9-11-18(23)12-10-17)20(22(25)27)24(3)14-16-7-5-4-6-8-16/h4-12,15H,13-14H2,1-3H3. The lowest BCUT2D eigenvalue weighted by atomic mass is 10.0. The number of amides is 2. The molecule has 5 heteroatoms. The zero-order valence-corrected chi connectivity index (χ0v) is 15.8. The third kappa shape index (κ3) is 3.92. The molecule has 0 N–H and O–H groups in total. The van der Waals surface area contributed by atoms with E-state index in [0.29, 0.717) is 29.9 Å². The summed E-state index contributed by atoms with van der Waals surface area (Å²) in [6.07, 6.45) is 0. The fraction of sp³-hybridized carbons (Fsp3) is 0.273. The van der Waals surface area contributed by atoms with Crippen molar-refractivity contribution in [3.05, 3.63) is 77.2 Å². The Balaban J connectivity index is 2.03. The summed E-state index contributed by atoms with van der Waals surface area (Å²) in [6, 6.07) is 15.5. The Labute approximate surface area is 158 Å². The molecule has 0 aliphatic carbocycles. The van der Waals surface area contributed by atoms with E-state index < -0.39 is 0 Å². The SMILES string of the molecule is CC(C)CN1C(=O)C(c2ccc(F)cc2)=C(N(C)Cc2ccccc2)C1=O. The van der Waals surface area contributed by atoms with Gasteiger partial charge in [-0.2, -0.15) is 0 Å². The van der Waals surface area contributed by atoms with Gasteiger partial charge >= 0.3 is 0 Å². The van der Waals surface area contributed by atoms with Crippen molar-refractivity contribution in [2.75, 3.05) is 13.6 Å². The topological polar surface area (TPSA) is 40.6 Å². The van der Waals surface area contributed by atoms with Crippen molar-refractivity contribution >= 4 is 17.4 Å². The fourth-order valence-electron chi connectivity index (χ4n) is 3.26. The number of nitrogens with zero attached hydrogens (tertiary/aromatic N) is 2. The summed E-state index contributed by atoms with van der Waals surface area (Å²) >= 11 is 0. The fourth-order valence-corrected chi connectivity index (χ4v) is 3.26. The zero-order valence-electron chi connectivity index (χ0n) is 15.8. The molecule has 0 spiro atoms. The molecule has 1 heterocycles. The average molecular weight is 366 g/mol. The quantitative estimate of drug-likeness (QED) is 0.732. The lowest BCUT2D eigenvalue weighted by molar-refractivity contribution is -0.138. The Kier molecular flexibility index (Phi) is 5.40. The van der Waals surface area contributed by atoms with Gasteiger partial charge in [0.1, 0.15) is 11.5 Å². The number of imide groups is 1. The predicted octanol–water partition coefficient (Wildman–Crippen LogP) is 3.69. The third-order valence-electron chi connectivity index (χ3n) is 4.47. The molecule has 27 heavy (non-hydrogen) atoms. The van der Waals surface area contributed by atoms with Gasteiger partial charge in [0.2, 0.25) is 0 Å². The largest absolute Gasteiger partial charge is 0.365 e. The van der Waals surface area contributed by atoms with Crippen molar-refractivity contribution in [2.24, 2.45) is 5.92 Å². The molecule has 0 saturated heterocycles. The number of carbonyl (C=O) groups is 2. The molecular weight excluding hydrogens is 343 g/mol. The van der Waals surface area contributed by atoms with E-state index >= 15 is 0 Å². The summed E-state index contributed by atoms with van der Waals surface area (Å²) in [5.74, 6) is -0.845. The van der Waals surface area contributed by atoms with E-state index in [1.165, 1.54) is 17.0 Å². The van der Waals surface area contributed by atoms with Gasteiger partial charge in [0.25, 0.3) is 11.8 Å². The number of rotatable bonds is 6. The van der Waals surface area contributed by atoms with Gasteiger partial charge < -0.3 is 4.90 Å². The van der Waals surface area contributed by atoms with Crippen LogP contribution in [0.1, 0.15) is 25.0 Å². The van der Waals surface area contributed by atoms with E-state index in [9.17, 15) is 14.0 Å². The maximum atomic E-state index is 13.4. The number of likely N-dealkylation sites (N-methyl/N-ethyl adjacent to an activating group) is 1. The second-order valence-corrected chi connectivity index (χ2v) is 7.19. The Morgan fingerprint density at radius 1 is 0.963 bits per heavy atom. The number of halogens is 1. The molecule has 140 valence electrons. The van der Waals surface area contributed by atoms with E-state index in [2.05, 4.69) is 0 Å². The molecule has 3 rings (SSSR count). The first-order chi connectivity index (χ1) is 12.9. The monoisotopic (exact) mass is 366 g/mol. The molecule has 1 aliphatic heterocycles. The van der Waals surface area contributed by atoms with Crippen LogP contribution >= 0.6 is 0 Å². The van der Waals surface area contributed by atoms with E-state index in [1.807, 2.05) is 44.2 Å². The Morgan fingerprint density at radius 2 is 1.59 bits per heavy atom. The van der Waals surface area contributed by atoms with Crippen LogP contribution < -0.4 is 0 Å². The second-order valence-electron chi connectivity index (χ2n) is 7.19. The van der Waals surface area contributed by atoms with Crippen LogP contribution in [-0.2, 0) is 16.1 Å². The Bertz CT molecular complexity index is 873. The smallest absolute Gasteiger partial charge is 0.277 e. The number of hydrogen-bond acceptors (Lipinski definition) is 3. The van der Waals surface area contributed by atoms with Crippen molar-refractivity contribution in [3.8, 4) is 0 Å². The van der Waals surface area contributed by atoms with E-state index in [-0.39, 0.29) is 23.5 Å². The van der Waals surface area contributed by atoms with E-state index in [1.54, 1.807) is 24.1 Å². The first-order valence-corrected chi connectivity index (χ1v) is 9.00. The van der Waals surface area contributed by atoms with Gasteiger partial charge in [0.05, 0.1) is 5.57 Å². The highest BCUT2D eigenvalue weighted by Crippen LogP contribution is 2.32. The predicted molar refractivity (Wildman–Crippen MR) is 103 cm³/mol. The van der Waals surface area contributed by atoms with Crippen molar-refractivity contribution < 1.29 is 14.0 Å². The molecule has 0 bridgehead atoms. The maximum absolute atomic E-state index is 13.4. The summed E-state index contributed by atoms with van der Waals surface area (Å²) in [6.45, 7) is 4.77. The first-order valence-electron chi connectivity index (χ1n) is 9.00. The minimum Gasteiger partial charge on any atom is -0.365 e. The molecule has 0 unspecified atom stereocenters. The lowest BCUT2D eigenvalue weighted by Gasteiger charge is -2.22. The van der Waals surface area contributed by atoms with Crippen molar-refractivity contribution in [1.82, 2.24) is 9.80 Å². The first kappa shape index (κ1) is 18.8. The van der Waals surface area contributed by atoms with Crippen LogP contribution in [0.5, 0.6) is 0 Å².